The van der Waals surface area contributed by atoms with Crippen LogP contribution >= 0.6 is 0 Å². The van der Waals surface area contributed by atoms with Gasteiger partial charge in [0.1, 0.15) is 5.82 Å². The quantitative estimate of drug-likeness (QED) is 0.805. The smallest absolute Gasteiger partial charge is 0.148 e. The largest absolute Gasteiger partial charge is 0.301 e. The van der Waals surface area contributed by atoms with Crippen LogP contribution in [-0.2, 0) is 13.1 Å². The number of tetrazole rings is 1. The Kier molecular flexibility index (Phi) is 5.08. The summed E-state index contributed by atoms with van der Waals surface area (Å²) in [4.78, 5) is 5.39. The first-order valence-electron chi connectivity index (χ1n) is 9.51. The predicted octanol–water partition coefficient (Wildman–Crippen LogP) is 1.97. The van der Waals surface area contributed by atoms with E-state index in [0.717, 1.165) is 37.8 Å². The van der Waals surface area contributed by atoms with Crippen molar-refractivity contribution in [3.05, 3.63) is 41.7 Å². The van der Waals surface area contributed by atoms with Crippen LogP contribution in [0.3, 0.4) is 0 Å². The number of rotatable bonds is 6. The van der Waals surface area contributed by atoms with Gasteiger partial charge in [-0.1, -0.05) is 30.3 Å². The standard InChI is InChI=1S/C19H28N6/c1-16-20-21-22-25(16)11-5-10-23-12-18-8-9-19(15-23)24(14-18)13-17-6-3-2-4-7-17/h2-4,6-7,18-19H,5,8-15H2,1H3/t18-,19+/m1/s1. The summed E-state index contributed by atoms with van der Waals surface area (Å²) in [5.74, 6) is 1.72. The van der Waals surface area contributed by atoms with E-state index in [4.69, 9.17) is 0 Å². The molecule has 0 radical (unpaired) electrons. The summed E-state index contributed by atoms with van der Waals surface area (Å²) in [5.41, 5.74) is 1.44. The van der Waals surface area contributed by atoms with Crippen LogP contribution in [0.4, 0.5) is 0 Å². The maximum Gasteiger partial charge on any atom is 0.148 e. The van der Waals surface area contributed by atoms with Crippen molar-refractivity contribution in [1.29, 1.82) is 0 Å². The van der Waals surface area contributed by atoms with E-state index in [0.29, 0.717) is 6.04 Å². The van der Waals surface area contributed by atoms with E-state index in [1.165, 1.54) is 38.0 Å². The van der Waals surface area contributed by atoms with E-state index < -0.39 is 0 Å². The molecule has 3 saturated heterocycles. The fraction of sp³-hybridized carbons (Fsp3) is 0.632. The van der Waals surface area contributed by atoms with Crippen molar-refractivity contribution >= 4 is 0 Å². The first kappa shape index (κ1) is 16.7. The van der Waals surface area contributed by atoms with Gasteiger partial charge in [-0.15, -0.1) is 5.10 Å². The molecule has 4 heterocycles. The zero-order valence-corrected chi connectivity index (χ0v) is 15.1. The van der Waals surface area contributed by atoms with Crippen LogP contribution in [0.25, 0.3) is 0 Å². The van der Waals surface area contributed by atoms with Crippen molar-refractivity contribution < 1.29 is 0 Å². The molecule has 3 fully saturated rings. The molecule has 0 N–H and O–H groups in total. The maximum absolute atomic E-state index is 4.05. The molecular weight excluding hydrogens is 312 g/mol. The molecule has 6 nitrogen and oxygen atoms in total. The molecule has 1 aromatic heterocycles. The Hall–Kier alpha value is -1.79. The van der Waals surface area contributed by atoms with Crippen LogP contribution in [0.2, 0.25) is 0 Å². The molecule has 1 aromatic carbocycles. The second-order valence-corrected chi connectivity index (χ2v) is 7.57. The Bertz CT molecular complexity index is 670. The van der Waals surface area contributed by atoms with Crippen LogP contribution in [0.1, 0.15) is 30.7 Å². The van der Waals surface area contributed by atoms with Gasteiger partial charge >= 0.3 is 0 Å². The summed E-state index contributed by atoms with van der Waals surface area (Å²) < 4.78 is 1.91. The molecule has 3 aliphatic rings. The zero-order valence-electron chi connectivity index (χ0n) is 15.1. The molecule has 0 unspecified atom stereocenters. The molecule has 0 saturated carbocycles. The second-order valence-electron chi connectivity index (χ2n) is 7.57. The van der Waals surface area contributed by atoms with Crippen LogP contribution in [-0.4, -0.2) is 62.2 Å². The number of hydrogen-bond donors (Lipinski definition) is 0. The fourth-order valence-electron chi connectivity index (χ4n) is 4.37. The van der Waals surface area contributed by atoms with E-state index in [2.05, 4.69) is 55.7 Å². The minimum atomic E-state index is 0.703. The first-order valence-corrected chi connectivity index (χ1v) is 9.51. The van der Waals surface area contributed by atoms with Gasteiger partial charge in [-0.05, 0) is 54.6 Å². The Morgan fingerprint density at radius 1 is 1.04 bits per heavy atom. The third-order valence-corrected chi connectivity index (χ3v) is 5.69. The SMILES string of the molecule is Cc1nnnn1CCCN1C[C@H]2CC[C@@H](C1)N(Cc1ccccc1)C2. The number of aromatic nitrogens is 4. The van der Waals surface area contributed by atoms with E-state index >= 15 is 0 Å². The molecule has 2 atom stereocenters. The summed E-state index contributed by atoms with van der Waals surface area (Å²) in [6, 6.07) is 11.6. The molecule has 5 rings (SSSR count). The molecule has 2 aromatic rings. The van der Waals surface area contributed by atoms with E-state index in [1.54, 1.807) is 0 Å². The average Bonchev–Trinajstić information content (AvgIpc) is 2.84. The first-order chi connectivity index (χ1) is 12.3. The third kappa shape index (κ3) is 4.07. The zero-order chi connectivity index (χ0) is 17.1. The molecule has 6 heteroatoms. The lowest BCUT2D eigenvalue weighted by Gasteiger charge is -2.36. The number of hydrogen-bond acceptors (Lipinski definition) is 5. The van der Waals surface area contributed by atoms with Crippen molar-refractivity contribution in [1.82, 2.24) is 30.0 Å². The summed E-state index contributed by atoms with van der Waals surface area (Å²) in [5, 5.41) is 11.7. The summed E-state index contributed by atoms with van der Waals surface area (Å²) in [6.45, 7) is 8.83. The molecule has 134 valence electrons. The molecule has 0 spiro atoms. The lowest BCUT2D eigenvalue weighted by Crippen LogP contribution is -2.43. The highest BCUT2D eigenvalue weighted by Gasteiger charge is 2.34. The van der Waals surface area contributed by atoms with Crippen molar-refractivity contribution in [2.45, 2.75) is 45.3 Å². The monoisotopic (exact) mass is 340 g/mol. The van der Waals surface area contributed by atoms with Crippen molar-refractivity contribution in [3.8, 4) is 0 Å². The highest BCUT2D eigenvalue weighted by Crippen LogP contribution is 2.29. The van der Waals surface area contributed by atoms with Gasteiger partial charge in [-0.25, -0.2) is 4.68 Å². The van der Waals surface area contributed by atoms with E-state index in [-0.39, 0.29) is 0 Å². The Morgan fingerprint density at radius 3 is 2.72 bits per heavy atom. The van der Waals surface area contributed by atoms with Gasteiger partial charge in [0, 0.05) is 38.8 Å². The summed E-state index contributed by atoms with van der Waals surface area (Å²) in [6.07, 6.45) is 3.85. The van der Waals surface area contributed by atoms with Gasteiger partial charge < -0.3 is 4.90 Å². The maximum atomic E-state index is 4.05. The molecule has 25 heavy (non-hydrogen) atoms. The molecule has 0 amide bonds. The van der Waals surface area contributed by atoms with Gasteiger partial charge in [-0.2, -0.15) is 0 Å². The fourth-order valence-corrected chi connectivity index (χ4v) is 4.37. The number of nitrogens with zero attached hydrogens (tertiary/aromatic N) is 6. The minimum Gasteiger partial charge on any atom is -0.301 e. The van der Waals surface area contributed by atoms with Crippen molar-refractivity contribution in [2.75, 3.05) is 26.2 Å². The van der Waals surface area contributed by atoms with Crippen LogP contribution in [0.15, 0.2) is 30.3 Å². The number of benzene rings is 1. The molecule has 2 bridgehead atoms. The van der Waals surface area contributed by atoms with Gasteiger partial charge in [0.25, 0.3) is 0 Å². The number of aryl methyl sites for hydroxylation is 2. The highest BCUT2D eigenvalue weighted by molar-refractivity contribution is 5.15. The van der Waals surface area contributed by atoms with Gasteiger partial charge in [0.05, 0.1) is 0 Å². The normalized spacial score (nSPS) is 24.5. The second kappa shape index (κ2) is 7.62. The molecule has 3 aliphatic heterocycles. The van der Waals surface area contributed by atoms with E-state index in [1.807, 2.05) is 11.6 Å². The van der Waals surface area contributed by atoms with Gasteiger partial charge in [0.2, 0.25) is 0 Å². The predicted molar refractivity (Wildman–Crippen MR) is 97.0 cm³/mol. The van der Waals surface area contributed by atoms with Crippen molar-refractivity contribution in [2.24, 2.45) is 5.92 Å². The van der Waals surface area contributed by atoms with Crippen LogP contribution in [0.5, 0.6) is 0 Å². The number of fused-ring (bicyclic) bond motifs is 4. The van der Waals surface area contributed by atoms with E-state index in [9.17, 15) is 0 Å². The summed E-state index contributed by atoms with van der Waals surface area (Å²) in [7, 11) is 0. The minimum absolute atomic E-state index is 0.703. The lowest BCUT2D eigenvalue weighted by atomic mass is 9.94. The Balaban J connectivity index is 1.32. The van der Waals surface area contributed by atoms with Gasteiger partial charge in [-0.3, -0.25) is 4.90 Å². The number of piperidine rings is 1. The summed E-state index contributed by atoms with van der Waals surface area (Å²) >= 11 is 0. The average molecular weight is 340 g/mol. The Morgan fingerprint density at radius 2 is 1.92 bits per heavy atom. The Labute approximate surface area is 149 Å². The van der Waals surface area contributed by atoms with Crippen LogP contribution < -0.4 is 0 Å². The highest BCUT2D eigenvalue weighted by atomic mass is 15.5. The topological polar surface area (TPSA) is 50.1 Å². The third-order valence-electron chi connectivity index (χ3n) is 5.69. The van der Waals surface area contributed by atoms with Crippen LogP contribution in [0, 0.1) is 12.8 Å². The van der Waals surface area contributed by atoms with Gasteiger partial charge in [0.15, 0.2) is 0 Å². The lowest BCUT2D eigenvalue weighted by molar-refractivity contribution is 0.123. The molecule has 0 aliphatic carbocycles. The van der Waals surface area contributed by atoms with Crippen molar-refractivity contribution in [3.63, 3.8) is 0 Å². The molecular formula is C19H28N6.